The first kappa shape index (κ1) is 16.2. The first-order valence-electron chi connectivity index (χ1n) is 7.14. The number of aromatic nitrogens is 2. The molecule has 0 aliphatic carbocycles. The number of aliphatic hydroxyl groups excluding tert-OH is 1. The Hall–Kier alpha value is -1.20. The van der Waals surface area contributed by atoms with Crippen molar-refractivity contribution in [2.45, 2.75) is 46.6 Å². The lowest BCUT2D eigenvalue weighted by molar-refractivity contribution is 0.138. The topological polar surface area (TPSA) is 59.2 Å². The van der Waals surface area contributed by atoms with Gasteiger partial charge in [0.25, 0.3) is 0 Å². The summed E-state index contributed by atoms with van der Waals surface area (Å²) in [6, 6.07) is 4.05. The number of rotatable bonds is 5. The van der Waals surface area contributed by atoms with E-state index >= 15 is 0 Å². The minimum absolute atomic E-state index is 0.402. The van der Waals surface area contributed by atoms with Crippen molar-refractivity contribution in [1.29, 1.82) is 0 Å². The van der Waals surface area contributed by atoms with Gasteiger partial charge in [0, 0.05) is 10.0 Å². The molecule has 21 heavy (non-hydrogen) atoms. The maximum absolute atomic E-state index is 9.94. The van der Waals surface area contributed by atoms with Gasteiger partial charge in [-0.1, -0.05) is 34.9 Å². The lowest BCUT2D eigenvalue weighted by Gasteiger charge is -2.09. The third kappa shape index (κ3) is 4.14. The molecule has 0 spiro atoms. The summed E-state index contributed by atoms with van der Waals surface area (Å²) in [6.45, 7) is 8.23. The molecule has 1 aromatic carbocycles. The summed E-state index contributed by atoms with van der Waals surface area (Å²) in [5, 5.41) is 14.0. The molecule has 2 rings (SSSR count). The van der Waals surface area contributed by atoms with Gasteiger partial charge in [0.05, 0.1) is 12.5 Å². The zero-order valence-corrected chi connectivity index (χ0v) is 14.4. The molecule has 4 nitrogen and oxygen atoms in total. The molecule has 0 aliphatic rings. The third-order valence-electron chi connectivity index (χ3n) is 3.32. The van der Waals surface area contributed by atoms with E-state index in [1.54, 1.807) is 0 Å². The van der Waals surface area contributed by atoms with Crippen LogP contribution in [0, 0.1) is 19.8 Å². The van der Waals surface area contributed by atoms with Crippen LogP contribution in [-0.2, 0) is 6.42 Å². The third-order valence-corrected chi connectivity index (χ3v) is 4.57. The van der Waals surface area contributed by atoms with Crippen molar-refractivity contribution in [1.82, 2.24) is 10.1 Å². The summed E-state index contributed by atoms with van der Waals surface area (Å²) >= 11 is 3.55. The SMILES string of the molecule is Cc1cc(-c2noc(CC(O)CC(C)C)n2)cc(C)c1Br. The normalized spacial score (nSPS) is 12.9. The van der Waals surface area contributed by atoms with Crippen LogP contribution in [0.15, 0.2) is 21.1 Å². The summed E-state index contributed by atoms with van der Waals surface area (Å²) in [4.78, 5) is 4.39. The smallest absolute Gasteiger partial charge is 0.229 e. The second-order valence-corrected chi connectivity index (χ2v) is 6.72. The molecule has 1 heterocycles. The fraction of sp³-hybridized carbons (Fsp3) is 0.500. The molecule has 0 bridgehead atoms. The molecule has 1 N–H and O–H groups in total. The highest BCUT2D eigenvalue weighted by Crippen LogP contribution is 2.27. The number of hydrogen-bond acceptors (Lipinski definition) is 4. The van der Waals surface area contributed by atoms with E-state index in [4.69, 9.17) is 4.52 Å². The average Bonchev–Trinajstić information content (AvgIpc) is 2.82. The highest BCUT2D eigenvalue weighted by molar-refractivity contribution is 9.10. The summed E-state index contributed by atoms with van der Waals surface area (Å²) in [7, 11) is 0. The number of halogens is 1. The van der Waals surface area contributed by atoms with Crippen molar-refractivity contribution in [3.8, 4) is 11.4 Å². The van der Waals surface area contributed by atoms with Crippen molar-refractivity contribution in [3.05, 3.63) is 33.6 Å². The van der Waals surface area contributed by atoms with Crippen LogP contribution >= 0.6 is 15.9 Å². The van der Waals surface area contributed by atoms with Crippen LogP contribution in [-0.4, -0.2) is 21.4 Å². The highest BCUT2D eigenvalue weighted by Gasteiger charge is 2.15. The van der Waals surface area contributed by atoms with Crippen molar-refractivity contribution in [2.24, 2.45) is 5.92 Å². The van der Waals surface area contributed by atoms with E-state index in [1.807, 2.05) is 26.0 Å². The Morgan fingerprint density at radius 1 is 1.24 bits per heavy atom. The molecule has 0 amide bonds. The Morgan fingerprint density at radius 2 is 1.86 bits per heavy atom. The van der Waals surface area contributed by atoms with Gasteiger partial charge in [0.2, 0.25) is 11.7 Å². The van der Waals surface area contributed by atoms with E-state index in [1.165, 1.54) is 0 Å². The van der Waals surface area contributed by atoms with Crippen LogP contribution in [0.5, 0.6) is 0 Å². The number of hydrogen-bond donors (Lipinski definition) is 1. The fourth-order valence-corrected chi connectivity index (χ4v) is 2.59. The van der Waals surface area contributed by atoms with E-state index in [-0.39, 0.29) is 0 Å². The van der Waals surface area contributed by atoms with E-state index in [9.17, 15) is 5.11 Å². The molecule has 5 heteroatoms. The molecule has 2 aromatic rings. The van der Waals surface area contributed by atoms with Gasteiger partial charge in [-0.2, -0.15) is 4.98 Å². The van der Waals surface area contributed by atoms with Gasteiger partial charge in [-0.3, -0.25) is 0 Å². The van der Waals surface area contributed by atoms with Crippen LogP contribution < -0.4 is 0 Å². The second-order valence-electron chi connectivity index (χ2n) is 5.92. The molecule has 1 unspecified atom stereocenters. The summed E-state index contributed by atoms with van der Waals surface area (Å²) in [6.07, 6.45) is 0.695. The Kier molecular flexibility index (Phi) is 5.17. The van der Waals surface area contributed by atoms with Gasteiger partial charge >= 0.3 is 0 Å². The lowest BCUT2D eigenvalue weighted by atomic mass is 10.0. The van der Waals surface area contributed by atoms with Crippen LogP contribution in [0.4, 0.5) is 0 Å². The van der Waals surface area contributed by atoms with Crippen LogP contribution in [0.3, 0.4) is 0 Å². The van der Waals surface area contributed by atoms with Gasteiger partial charge in [-0.15, -0.1) is 0 Å². The first-order valence-corrected chi connectivity index (χ1v) is 7.94. The monoisotopic (exact) mass is 352 g/mol. The molecular formula is C16H21BrN2O2. The number of benzene rings is 1. The highest BCUT2D eigenvalue weighted by atomic mass is 79.9. The summed E-state index contributed by atoms with van der Waals surface area (Å²) in [5.74, 6) is 1.50. The van der Waals surface area contributed by atoms with E-state index in [2.05, 4.69) is 39.9 Å². The van der Waals surface area contributed by atoms with E-state index in [0.29, 0.717) is 24.1 Å². The van der Waals surface area contributed by atoms with Crippen LogP contribution in [0.1, 0.15) is 37.3 Å². The van der Waals surface area contributed by atoms with Crippen LogP contribution in [0.2, 0.25) is 0 Å². The fourth-order valence-electron chi connectivity index (χ4n) is 2.36. The molecule has 0 saturated carbocycles. The zero-order valence-electron chi connectivity index (χ0n) is 12.9. The van der Waals surface area contributed by atoms with Gasteiger partial charge in [-0.05, 0) is 49.4 Å². The van der Waals surface area contributed by atoms with Crippen molar-refractivity contribution >= 4 is 15.9 Å². The first-order chi connectivity index (χ1) is 9.86. The predicted octanol–water partition coefficient (Wildman–Crippen LogP) is 4.07. The molecule has 0 saturated heterocycles. The number of aryl methyl sites for hydroxylation is 2. The van der Waals surface area contributed by atoms with Gasteiger partial charge < -0.3 is 9.63 Å². The molecule has 114 valence electrons. The Bertz CT molecular complexity index is 599. The summed E-state index contributed by atoms with van der Waals surface area (Å²) in [5.41, 5.74) is 3.20. The largest absolute Gasteiger partial charge is 0.393 e. The van der Waals surface area contributed by atoms with E-state index < -0.39 is 6.10 Å². The molecule has 1 atom stereocenters. The molecular weight excluding hydrogens is 332 g/mol. The minimum Gasteiger partial charge on any atom is -0.393 e. The standard InChI is InChI=1S/C16H21BrN2O2/c1-9(2)5-13(20)8-14-18-16(19-21-14)12-6-10(3)15(17)11(4)7-12/h6-7,9,13,20H,5,8H2,1-4H3. The number of aliphatic hydroxyl groups is 1. The minimum atomic E-state index is -0.438. The predicted molar refractivity (Wildman–Crippen MR) is 86.1 cm³/mol. The summed E-state index contributed by atoms with van der Waals surface area (Å²) < 4.78 is 6.35. The zero-order chi connectivity index (χ0) is 15.6. The quantitative estimate of drug-likeness (QED) is 0.881. The van der Waals surface area contributed by atoms with Crippen molar-refractivity contribution in [3.63, 3.8) is 0 Å². The average molecular weight is 353 g/mol. The molecule has 0 radical (unpaired) electrons. The van der Waals surface area contributed by atoms with Gasteiger partial charge in [0.1, 0.15) is 0 Å². The van der Waals surface area contributed by atoms with E-state index in [0.717, 1.165) is 27.6 Å². The Labute approximate surface area is 133 Å². The van der Waals surface area contributed by atoms with Crippen molar-refractivity contribution in [2.75, 3.05) is 0 Å². The lowest BCUT2D eigenvalue weighted by Crippen LogP contribution is -2.13. The van der Waals surface area contributed by atoms with Crippen molar-refractivity contribution < 1.29 is 9.63 Å². The number of nitrogens with zero attached hydrogens (tertiary/aromatic N) is 2. The Morgan fingerprint density at radius 3 is 2.43 bits per heavy atom. The maximum atomic E-state index is 9.94. The van der Waals surface area contributed by atoms with Gasteiger partial charge in [0.15, 0.2) is 0 Å². The van der Waals surface area contributed by atoms with Crippen LogP contribution in [0.25, 0.3) is 11.4 Å². The second kappa shape index (κ2) is 6.71. The van der Waals surface area contributed by atoms with Gasteiger partial charge in [-0.25, -0.2) is 0 Å². The molecule has 0 fully saturated rings. The maximum Gasteiger partial charge on any atom is 0.229 e. The molecule has 0 aliphatic heterocycles. The molecule has 1 aromatic heterocycles. The Balaban J connectivity index is 2.16.